The van der Waals surface area contributed by atoms with Crippen molar-refractivity contribution in [2.75, 3.05) is 26.9 Å². The molecule has 1 atom stereocenters. The number of hydrogen-bond acceptors (Lipinski definition) is 4. The number of ether oxygens (including phenoxy) is 3. The summed E-state index contributed by atoms with van der Waals surface area (Å²) in [4.78, 5) is 0. The summed E-state index contributed by atoms with van der Waals surface area (Å²) in [6.45, 7) is 2.58. The van der Waals surface area contributed by atoms with Gasteiger partial charge in [-0.3, -0.25) is 0 Å². The van der Waals surface area contributed by atoms with Crippen molar-refractivity contribution < 1.29 is 14.2 Å². The van der Waals surface area contributed by atoms with E-state index in [0.717, 1.165) is 25.2 Å². The normalized spacial score (nSPS) is 18.9. The van der Waals surface area contributed by atoms with Crippen molar-refractivity contribution in [3.05, 3.63) is 22.7 Å². The van der Waals surface area contributed by atoms with Crippen LogP contribution >= 0.6 is 11.6 Å². The van der Waals surface area contributed by atoms with Crippen molar-refractivity contribution in [1.82, 2.24) is 0 Å². The molecular formula is C13H18ClNO3. The molecule has 0 amide bonds. The zero-order valence-electron chi connectivity index (χ0n) is 10.4. The van der Waals surface area contributed by atoms with Gasteiger partial charge in [0.1, 0.15) is 0 Å². The smallest absolute Gasteiger partial charge is 0.179 e. The topological polar surface area (TPSA) is 53.7 Å². The van der Waals surface area contributed by atoms with E-state index in [-0.39, 0.29) is 0 Å². The number of methoxy groups -OCH3 is 1. The Labute approximate surface area is 112 Å². The average Bonchev–Trinajstić information content (AvgIpc) is 2.89. The Kier molecular flexibility index (Phi) is 4.69. The summed E-state index contributed by atoms with van der Waals surface area (Å²) >= 11 is 6.19. The minimum absolute atomic E-state index is 0.423. The van der Waals surface area contributed by atoms with E-state index in [1.165, 1.54) is 0 Å². The maximum Gasteiger partial charge on any atom is 0.179 e. The monoisotopic (exact) mass is 271 g/mol. The first kappa shape index (κ1) is 13.5. The molecule has 1 aliphatic rings. The van der Waals surface area contributed by atoms with Crippen LogP contribution in [0.5, 0.6) is 11.5 Å². The van der Waals surface area contributed by atoms with Gasteiger partial charge < -0.3 is 19.9 Å². The molecule has 1 aromatic carbocycles. The summed E-state index contributed by atoms with van der Waals surface area (Å²) in [5, 5.41) is 0.536. The molecule has 0 bridgehead atoms. The van der Waals surface area contributed by atoms with E-state index < -0.39 is 0 Å². The van der Waals surface area contributed by atoms with E-state index in [1.807, 2.05) is 12.1 Å². The van der Waals surface area contributed by atoms with Crippen LogP contribution in [0, 0.1) is 5.92 Å². The summed E-state index contributed by atoms with van der Waals surface area (Å²) < 4.78 is 16.4. The van der Waals surface area contributed by atoms with Gasteiger partial charge in [-0.2, -0.15) is 0 Å². The lowest BCUT2D eigenvalue weighted by Gasteiger charge is -2.15. The number of hydrogen-bond donors (Lipinski definition) is 1. The second-order valence-electron chi connectivity index (χ2n) is 4.35. The van der Waals surface area contributed by atoms with Crippen molar-refractivity contribution in [3.63, 3.8) is 0 Å². The third kappa shape index (κ3) is 3.07. The molecule has 2 rings (SSSR count). The average molecular weight is 272 g/mol. The van der Waals surface area contributed by atoms with Gasteiger partial charge in [0.2, 0.25) is 0 Å². The van der Waals surface area contributed by atoms with Gasteiger partial charge in [-0.05, 0) is 24.1 Å². The van der Waals surface area contributed by atoms with Crippen LogP contribution < -0.4 is 15.2 Å². The first-order valence-electron chi connectivity index (χ1n) is 6.01. The van der Waals surface area contributed by atoms with Gasteiger partial charge in [0.05, 0.1) is 25.3 Å². The highest BCUT2D eigenvalue weighted by Gasteiger charge is 2.18. The molecule has 1 aliphatic heterocycles. The highest BCUT2D eigenvalue weighted by Crippen LogP contribution is 2.36. The van der Waals surface area contributed by atoms with Crippen molar-refractivity contribution in [2.45, 2.75) is 13.0 Å². The summed E-state index contributed by atoms with van der Waals surface area (Å²) in [7, 11) is 1.59. The Morgan fingerprint density at radius 3 is 2.94 bits per heavy atom. The second-order valence-corrected chi connectivity index (χ2v) is 4.76. The first-order chi connectivity index (χ1) is 8.74. The minimum atomic E-state index is 0.423. The third-order valence-corrected chi connectivity index (χ3v) is 3.29. The molecule has 1 fully saturated rings. The number of rotatable bonds is 5. The molecule has 0 aromatic heterocycles. The molecule has 5 heteroatoms. The van der Waals surface area contributed by atoms with Gasteiger partial charge in [0, 0.05) is 19.1 Å². The molecule has 1 aromatic rings. The van der Waals surface area contributed by atoms with Crippen molar-refractivity contribution in [3.8, 4) is 11.5 Å². The molecular weight excluding hydrogens is 254 g/mol. The number of nitrogens with two attached hydrogens (primary N) is 1. The molecule has 2 N–H and O–H groups in total. The lowest BCUT2D eigenvalue weighted by atomic mass is 10.1. The molecule has 0 spiro atoms. The predicted molar refractivity (Wildman–Crippen MR) is 70.3 cm³/mol. The largest absolute Gasteiger partial charge is 0.493 e. The van der Waals surface area contributed by atoms with Crippen molar-refractivity contribution in [1.29, 1.82) is 0 Å². The summed E-state index contributed by atoms with van der Waals surface area (Å²) in [6, 6.07) is 3.66. The Bertz CT molecular complexity index is 405. The quantitative estimate of drug-likeness (QED) is 0.892. The lowest BCUT2D eigenvalue weighted by Crippen LogP contribution is -2.12. The predicted octanol–water partition coefficient (Wildman–Crippen LogP) is 2.22. The van der Waals surface area contributed by atoms with Crippen LogP contribution in [0.25, 0.3) is 0 Å². The highest BCUT2D eigenvalue weighted by atomic mass is 35.5. The molecule has 0 radical (unpaired) electrons. The minimum Gasteiger partial charge on any atom is -0.493 e. The van der Waals surface area contributed by atoms with E-state index >= 15 is 0 Å². The molecule has 1 unspecified atom stereocenters. The fourth-order valence-electron chi connectivity index (χ4n) is 1.95. The SMILES string of the molecule is COc1cc(CN)cc(Cl)c1OCC1CCOC1. The summed E-state index contributed by atoms with van der Waals surface area (Å²) in [5.74, 6) is 1.64. The van der Waals surface area contributed by atoms with Crippen LogP contribution in [-0.2, 0) is 11.3 Å². The fraction of sp³-hybridized carbons (Fsp3) is 0.538. The summed E-state index contributed by atoms with van der Waals surface area (Å²) in [5.41, 5.74) is 6.52. The van der Waals surface area contributed by atoms with E-state index in [2.05, 4.69) is 0 Å². The molecule has 18 heavy (non-hydrogen) atoms. The van der Waals surface area contributed by atoms with E-state index in [1.54, 1.807) is 7.11 Å². The summed E-state index contributed by atoms with van der Waals surface area (Å²) in [6.07, 6.45) is 1.03. The first-order valence-corrected chi connectivity index (χ1v) is 6.39. The van der Waals surface area contributed by atoms with Gasteiger partial charge in [-0.15, -0.1) is 0 Å². The molecule has 1 heterocycles. The maximum atomic E-state index is 6.19. The van der Waals surface area contributed by atoms with Crippen LogP contribution in [0.3, 0.4) is 0 Å². The molecule has 0 saturated carbocycles. The Hall–Kier alpha value is -0.970. The molecule has 0 aliphatic carbocycles. The molecule has 100 valence electrons. The van der Waals surface area contributed by atoms with Gasteiger partial charge in [0.15, 0.2) is 11.5 Å². The second kappa shape index (κ2) is 6.27. The van der Waals surface area contributed by atoms with Gasteiger partial charge in [0.25, 0.3) is 0 Å². The highest BCUT2D eigenvalue weighted by molar-refractivity contribution is 6.32. The van der Waals surface area contributed by atoms with Crippen LogP contribution in [0.2, 0.25) is 5.02 Å². The number of halogens is 1. The Morgan fingerprint density at radius 1 is 1.50 bits per heavy atom. The fourth-order valence-corrected chi connectivity index (χ4v) is 2.23. The van der Waals surface area contributed by atoms with E-state index in [4.69, 9.17) is 31.5 Å². The molecule has 1 saturated heterocycles. The zero-order chi connectivity index (χ0) is 13.0. The molecule has 4 nitrogen and oxygen atoms in total. The number of benzene rings is 1. The van der Waals surface area contributed by atoms with Crippen LogP contribution in [0.1, 0.15) is 12.0 Å². The van der Waals surface area contributed by atoms with Crippen LogP contribution in [-0.4, -0.2) is 26.9 Å². The van der Waals surface area contributed by atoms with Gasteiger partial charge in [-0.25, -0.2) is 0 Å². The van der Waals surface area contributed by atoms with Crippen molar-refractivity contribution >= 4 is 11.6 Å². The lowest BCUT2D eigenvalue weighted by molar-refractivity contribution is 0.165. The van der Waals surface area contributed by atoms with Gasteiger partial charge in [-0.1, -0.05) is 11.6 Å². The maximum absolute atomic E-state index is 6.19. The Morgan fingerprint density at radius 2 is 2.33 bits per heavy atom. The van der Waals surface area contributed by atoms with Crippen LogP contribution in [0.15, 0.2) is 12.1 Å². The van der Waals surface area contributed by atoms with Crippen LogP contribution in [0.4, 0.5) is 0 Å². The van der Waals surface area contributed by atoms with Crippen molar-refractivity contribution in [2.24, 2.45) is 11.7 Å². The standard InChI is InChI=1S/C13H18ClNO3/c1-16-12-5-10(6-15)4-11(14)13(12)18-8-9-2-3-17-7-9/h4-5,9H,2-3,6-8,15H2,1H3. The Balaban J connectivity index is 2.10. The third-order valence-electron chi connectivity index (χ3n) is 3.01. The van der Waals surface area contributed by atoms with E-state index in [0.29, 0.717) is 35.6 Å². The van der Waals surface area contributed by atoms with Gasteiger partial charge >= 0.3 is 0 Å². The zero-order valence-corrected chi connectivity index (χ0v) is 11.2. The van der Waals surface area contributed by atoms with E-state index in [9.17, 15) is 0 Å².